The summed E-state index contributed by atoms with van der Waals surface area (Å²) < 4.78 is 20.2. The van der Waals surface area contributed by atoms with Crippen molar-refractivity contribution in [3.8, 4) is 16.9 Å². The Morgan fingerprint density at radius 1 is 0.880 bits per heavy atom. The Morgan fingerprint density at radius 3 is 2.36 bits per heavy atom. The zero-order chi connectivity index (χ0) is 17.4. The van der Waals surface area contributed by atoms with Crippen molar-refractivity contribution in [1.29, 1.82) is 0 Å². The maximum atomic E-state index is 14.1. The SMILES string of the molecule is CC(C)Oc1cccc2c1-c1ccccc1P(=O)(c1ccccc1)C2. The first-order valence-corrected chi connectivity index (χ1v) is 10.5. The van der Waals surface area contributed by atoms with Gasteiger partial charge in [-0.2, -0.15) is 0 Å². The molecule has 0 radical (unpaired) electrons. The number of hydrogen-bond donors (Lipinski definition) is 0. The summed E-state index contributed by atoms with van der Waals surface area (Å²) >= 11 is 0. The third-order valence-corrected chi connectivity index (χ3v) is 7.69. The summed E-state index contributed by atoms with van der Waals surface area (Å²) in [6.07, 6.45) is 0.639. The summed E-state index contributed by atoms with van der Waals surface area (Å²) in [4.78, 5) is 0. The fraction of sp³-hybridized carbons (Fsp3) is 0.182. The van der Waals surface area contributed by atoms with E-state index in [4.69, 9.17) is 4.74 Å². The second-order valence-corrected chi connectivity index (χ2v) is 9.50. The second kappa shape index (κ2) is 6.20. The van der Waals surface area contributed by atoms with Crippen molar-refractivity contribution < 1.29 is 9.30 Å². The molecule has 2 nitrogen and oxygen atoms in total. The number of benzene rings is 3. The molecule has 0 fully saturated rings. The molecule has 0 spiro atoms. The Labute approximate surface area is 148 Å². The molecular formula is C22H21O2P. The molecule has 0 aromatic heterocycles. The van der Waals surface area contributed by atoms with Crippen molar-refractivity contribution in [2.45, 2.75) is 26.1 Å². The molecule has 3 aromatic rings. The van der Waals surface area contributed by atoms with Gasteiger partial charge in [0.25, 0.3) is 0 Å². The van der Waals surface area contributed by atoms with Crippen LogP contribution in [-0.2, 0) is 10.7 Å². The Kier molecular flexibility index (Phi) is 4.01. The molecule has 0 amide bonds. The third kappa shape index (κ3) is 2.71. The summed E-state index contributed by atoms with van der Waals surface area (Å²) in [6, 6.07) is 24.0. The first kappa shape index (κ1) is 16.2. The molecule has 1 aliphatic rings. The predicted molar refractivity (Wildman–Crippen MR) is 105 cm³/mol. The van der Waals surface area contributed by atoms with E-state index in [1.165, 1.54) is 0 Å². The molecule has 0 N–H and O–H groups in total. The predicted octanol–water partition coefficient (Wildman–Crippen LogP) is 4.97. The van der Waals surface area contributed by atoms with E-state index >= 15 is 0 Å². The second-order valence-electron chi connectivity index (χ2n) is 6.71. The molecule has 0 aliphatic carbocycles. The molecule has 4 rings (SSSR count). The van der Waals surface area contributed by atoms with Gasteiger partial charge in [-0.25, -0.2) is 0 Å². The van der Waals surface area contributed by atoms with E-state index < -0.39 is 7.14 Å². The van der Waals surface area contributed by atoms with Gasteiger partial charge >= 0.3 is 0 Å². The summed E-state index contributed by atoms with van der Waals surface area (Å²) in [6.45, 7) is 4.06. The molecule has 1 aliphatic heterocycles. The lowest BCUT2D eigenvalue weighted by molar-refractivity contribution is 0.243. The fourth-order valence-electron chi connectivity index (χ4n) is 3.59. The van der Waals surface area contributed by atoms with Crippen LogP contribution in [0.25, 0.3) is 11.1 Å². The van der Waals surface area contributed by atoms with Crippen LogP contribution < -0.4 is 15.3 Å². The van der Waals surface area contributed by atoms with Gasteiger partial charge in [0.15, 0.2) is 0 Å². The highest BCUT2D eigenvalue weighted by Gasteiger charge is 2.36. The highest BCUT2D eigenvalue weighted by Crippen LogP contribution is 2.55. The highest BCUT2D eigenvalue weighted by atomic mass is 31.2. The van der Waals surface area contributed by atoms with Crippen LogP contribution in [0.15, 0.2) is 72.8 Å². The first-order valence-electron chi connectivity index (χ1n) is 8.63. The Bertz CT molecular complexity index is 961. The van der Waals surface area contributed by atoms with Gasteiger partial charge in [0.2, 0.25) is 0 Å². The van der Waals surface area contributed by atoms with Gasteiger partial charge in [-0.15, -0.1) is 0 Å². The minimum absolute atomic E-state index is 0.0986. The molecule has 0 saturated heterocycles. The topological polar surface area (TPSA) is 26.3 Å². The molecule has 126 valence electrons. The molecule has 1 heterocycles. The van der Waals surface area contributed by atoms with Crippen molar-refractivity contribution in [3.63, 3.8) is 0 Å². The molecule has 0 bridgehead atoms. The van der Waals surface area contributed by atoms with Crippen molar-refractivity contribution >= 4 is 17.8 Å². The summed E-state index contributed by atoms with van der Waals surface area (Å²) in [5.74, 6) is 0.874. The Morgan fingerprint density at radius 2 is 1.60 bits per heavy atom. The van der Waals surface area contributed by atoms with Gasteiger partial charge in [-0.05, 0) is 31.0 Å². The molecule has 25 heavy (non-hydrogen) atoms. The van der Waals surface area contributed by atoms with Crippen LogP contribution >= 0.6 is 7.14 Å². The van der Waals surface area contributed by atoms with Crippen LogP contribution in [0.3, 0.4) is 0 Å². The minimum Gasteiger partial charge on any atom is -0.490 e. The number of ether oxygens (including phenoxy) is 1. The highest BCUT2D eigenvalue weighted by molar-refractivity contribution is 7.78. The number of rotatable bonds is 3. The van der Waals surface area contributed by atoms with E-state index in [9.17, 15) is 4.57 Å². The van der Waals surface area contributed by atoms with Gasteiger partial charge in [-0.1, -0.05) is 66.7 Å². The lowest BCUT2D eigenvalue weighted by Crippen LogP contribution is -2.24. The van der Waals surface area contributed by atoms with Crippen molar-refractivity contribution in [2.24, 2.45) is 0 Å². The van der Waals surface area contributed by atoms with Crippen molar-refractivity contribution in [2.75, 3.05) is 0 Å². The van der Waals surface area contributed by atoms with Gasteiger partial charge in [0, 0.05) is 22.3 Å². The normalized spacial score (nSPS) is 18.5. The standard InChI is InChI=1S/C22H21O2P/c1-16(2)24-20-13-8-9-17-15-25(23,18-10-4-3-5-11-18)21-14-7-6-12-19(21)22(17)20/h3-14,16H,15H2,1-2H3. The lowest BCUT2D eigenvalue weighted by atomic mass is 9.98. The monoisotopic (exact) mass is 348 g/mol. The van der Waals surface area contributed by atoms with E-state index in [0.29, 0.717) is 6.16 Å². The summed E-state index contributed by atoms with van der Waals surface area (Å²) in [5, 5.41) is 1.86. The molecule has 3 aromatic carbocycles. The van der Waals surface area contributed by atoms with Crippen LogP contribution in [0.5, 0.6) is 5.75 Å². The Hall–Kier alpha value is -2.31. The zero-order valence-corrected chi connectivity index (χ0v) is 15.4. The Balaban J connectivity index is 1.97. The molecule has 1 atom stereocenters. The van der Waals surface area contributed by atoms with Gasteiger partial charge < -0.3 is 9.30 Å². The van der Waals surface area contributed by atoms with Crippen LogP contribution in [0, 0.1) is 0 Å². The van der Waals surface area contributed by atoms with Gasteiger partial charge in [-0.3, -0.25) is 0 Å². The molecular weight excluding hydrogens is 327 g/mol. The van der Waals surface area contributed by atoms with Crippen LogP contribution in [0.4, 0.5) is 0 Å². The average molecular weight is 348 g/mol. The lowest BCUT2D eigenvalue weighted by Gasteiger charge is -2.30. The van der Waals surface area contributed by atoms with E-state index in [-0.39, 0.29) is 6.10 Å². The van der Waals surface area contributed by atoms with E-state index in [2.05, 4.69) is 12.1 Å². The zero-order valence-electron chi connectivity index (χ0n) is 14.5. The first-order chi connectivity index (χ1) is 12.1. The van der Waals surface area contributed by atoms with E-state index in [0.717, 1.165) is 33.0 Å². The van der Waals surface area contributed by atoms with Crippen LogP contribution in [0.1, 0.15) is 19.4 Å². The fourth-order valence-corrected chi connectivity index (χ4v) is 6.52. The average Bonchev–Trinajstić information content (AvgIpc) is 2.62. The van der Waals surface area contributed by atoms with Gasteiger partial charge in [0.05, 0.1) is 6.10 Å². The molecule has 0 saturated carbocycles. The van der Waals surface area contributed by atoms with Crippen LogP contribution in [0.2, 0.25) is 0 Å². The largest absolute Gasteiger partial charge is 0.490 e. The summed E-state index contributed by atoms with van der Waals surface area (Å²) in [5.41, 5.74) is 3.23. The van der Waals surface area contributed by atoms with E-state index in [1.807, 2.05) is 74.5 Å². The molecule has 1 unspecified atom stereocenters. The van der Waals surface area contributed by atoms with Crippen LogP contribution in [-0.4, -0.2) is 6.10 Å². The van der Waals surface area contributed by atoms with Gasteiger partial charge in [0.1, 0.15) is 12.9 Å². The van der Waals surface area contributed by atoms with E-state index in [1.54, 1.807) is 0 Å². The van der Waals surface area contributed by atoms with Crippen molar-refractivity contribution in [1.82, 2.24) is 0 Å². The molecule has 3 heteroatoms. The smallest absolute Gasteiger partial charge is 0.148 e. The number of fused-ring (bicyclic) bond motifs is 3. The quantitative estimate of drug-likeness (QED) is 0.625. The summed E-state index contributed by atoms with van der Waals surface area (Å²) in [7, 11) is -2.70. The maximum Gasteiger partial charge on any atom is 0.148 e. The number of hydrogen-bond acceptors (Lipinski definition) is 2. The maximum absolute atomic E-state index is 14.1. The third-order valence-electron chi connectivity index (χ3n) is 4.60. The van der Waals surface area contributed by atoms with Crippen molar-refractivity contribution in [3.05, 3.63) is 78.4 Å². The minimum atomic E-state index is -2.70.